The first-order valence-electron chi connectivity index (χ1n) is 7.14. The van der Waals surface area contributed by atoms with Crippen LogP contribution in [0.4, 0.5) is 32.4 Å². The van der Waals surface area contributed by atoms with E-state index in [0.717, 1.165) is 5.56 Å². The van der Waals surface area contributed by atoms with Crippen LogP contribution in [0.15, 0.2) is 24.3 Å². The Kier molecular flexibility index (Phi) is 7.40. The standard InChI is InChI=1S/C15H18F5NO3/c1-11-3-5-12(6-4-11)21-13(22)24-10-9-23-8-2-7-14(16,17)15(18,19)20/h3-6H,2,7-10H2,1H3,(H,21,22). The van der Waals surface area contributed by atoms with Crippen molar-refractivity contribution in [3.05, 3.63) is 29.8 Å². The van der Waals surface area contributed by atoms with E-state index in [1.807, 2.05) is 6.92 Å². The van der Waals surface area contributed by atoms with Crippen molar-refractivity contribution in [1.29, 1.82) is 0 Å². The summed E-state index contributed by atoms with van der Waals surface area (Å²) in [7, 11) is 0. The minimum absolute atomic E-state index is 0.0983. The number of alkyl halides is 5. The Labute approximate surface area is 135 Å². The van der Waals surface area contributed by atoms with Crippen LogP contribution in [0.2, 0.25) is 0 Å². The van der Waals surface area contributed by atoms with Gasteiger partial charge in [0.25, 0.3) is 0 Å². The number of hydrogen-bond donors (Lipinski definition) is 1. The monoisotopic (exact) mass is 355 g/mol. The van der Waals surface area contributed by atoms with E-state index in [2.05, 4.69) is 5.32 Å². The third-order valence-corrected chi connectivity index (χ3v) is 2.95. The number of carbonyl (C=O) groups excluding carboxylic acids is 1. The summed E-state index contributed by atoms with van der Waals surface area (Å²) >= 11 is 0. The van der Waals surface area contributed by atoms with E-state index in [4.69, 9.17) is 9.47 Å². The Morgan fingerprint density at radius 2 is 1.67 bits per heavy atom. The molecule has 0 radical (unpaired) electrons. The van der Waals surface area contributed by atoms with E-state index in [1.165, 1.54) is 0 Å². The van der Waals surface area contributed by atoms with Gasteiger partial charge in [-0.25, -0.2) is 4.79 Å². The zero-order chi connectivity index (χ0) is 18.2. The molecule has 0 aliphatic rings. The zero-order valence-corrected chi connectivity index (χ0v) is 13.0. The summed E-state index contributed by atoms with van der Waals surface area (Å²) in [6, 6.07) is 6.98. The van der Waals surface area contributed by atoms with Crippen molar-refractivity contribution < 1.29 is 36.2 Å². The largest absolute Gasteiger partial charge is 0.453 e. The van der Waals surface area contributed by atoms with Crippen LogP contribution in [0.25, 0.3) is 0 Å². The summed E-state index contributed by atoms with van der Waals surface area (Å²) in [4.78, 5) is 11.4. The predicted molar refractivity (Wildman–Crippen MR) is 77.2 cm³/mol. The summed E-state index contributed by atoms with van der Waals surface area (Å²) in [5.74, 6) is -4.72. The molecular weight excluding hydrogens is 337 g/mol. The fourth-order valence-electron chi connectivity index (χ4n) is 1.62. The molecule has 0 heterocycles. The van der Waals surface area contributed by atoms with Crippen molar-refractivity contribution in [2.45, 2.75) is 31.9 Å². The second-order valence-corrected chi connectivity index (χ2v) is 5.05. The van der Waals surface area contributed by atoms with Crippen molar-refractivity contribution in [3.8, 4) is 0 Å². The van der Waals surface area contributed by atoms with Crippen LogP contribution >= 0.6 is 0 Å². The number of hydrogen-bond acceptors (Lipinski definition) is 3. The Morgan fingerprint density at radius 1 is 1.04 bits per heavy atom. The van der Waals surface area contributed by atoms with Gasteiger partial charge in [-0.3, -0.25) is 5.32 Å². The van der Waals surface area contributed by atoms with E-state index < -0.39 is 31.0 Å². The molecule has 0 fully saturated rings. The number of anilines is 1. The van der Waals surface area contributed by atoms with Gasteiger partial charge in [0.2, 0.25) is 0 Å². The minimum Gasteiger partial charge on any atom is -0.447 e. The molecule has 9 heteroatoms. The first kappa shape index (κ1) is 20.1. The molecule has 1 amide bonds. The minimum atomic E-state index is -5.55. The van der Waals surface area contributed by atoms with E-state index >= 15 is 0 Å². The highest BCUT2D eigenvalue weighted by molar-refractivity contribution is 5.84. The maximum Gasteiger partial charge on any atom is 0.453 e. The molecule has 4 nitrogen and oxygen atoms in total. The third kappa shape index (κ3) is 7.12. The van der Waals surface area contributed by atoms with Crippen molar-refractivity contribution in [2.24, 2.45) is 0 Å². The van der Waals surface area contributed by atoms with Crippen LogP contribution < -0.4 is 5.32 Å². The van der Waals surface area contributed by atoms with Crippen LogP contribution in [-0.4, -0.2) is 38.0 Å². The van der Waals surface area contributed by atoms with Crippen molar-refractivity contribution >= 4 is 11.8 Å². The third-order valence-electron chi connectivity index (χ3n) is 2.95. The molecule has 0 aliphatic carbocycles. The molecule has 0 saturated heterocycles. The summed E-state index contributed by atoms with van der Waals surface area (Å²) in [6.45, 7) is 1.37. The summed E-state index contributed by atoms with van der Waals surface area (Å²) in [5.41, 5.74) is 1.57. The van der Waals surface area contributed by atoms with Gasteiger partial charge in [-0.2, -0.15) is 22.0 Å². The average molecular weight is 355 g/mol. The molecule has 1 N–H and O–H groups in total. The molecule has 24 heavy (non-hydrogen) atoms. The van der Waals surface area contributed by atoms with E-state index in [0.29, 0.717) is 5.69 Å². The molecule has 1 aromatic rings. The first-order chi connectivity index (χ1) is 11.1. The lowest BCUT2D eigenvalue weighted by atomic mass is 10.2. The fourth-order valence-corrected chi connectivity index (χ4v) is 1.62. The Balaban J connectivity index is 2.10. The van der Waals surface area contributed by atoms with E-state index in [-0.39, 0.29) is 19.8 Å². The molecule has 0 atom stereocenters. The van der Waals surface area contributed by atoms with Gasteiger partial charge < -0.3 is 9.47 Å². The maximum absolute atomic E-state index is 12.6. The lowest BCUT2D eigenvalue weighted by molar-refractivity contribution is -0.285. The molecule has 0 unspecified atom stereocenters. The van der Waals surface area contributed by atoms with Crippen molar-refractivity contribution in [2.75, 3.05) is 25.1 Å². The number of aryl methyl sites for hydroxylation is 1. The van der Waals surface area contributed by atoms with E-state index in [1.54, 1.807) is 24.3 Å². The zero-order valence-electron chi connectivity index (χ0n) is 13.0. The molecule has 0 spiro atoms. The first-order valence-corrected chi connectivity index (χ1v) is 7.14. The molecule has 0 aliphatic heterocycles. The van der Waals surface area contributed by atoms with Gasteiger partial charge in [0.15, 0.2) is 0 Å². The highest BCUT2D eigenvalue weighted by Crippen LogP contribution is 2.38. The molecule has 136 valence electrons. The van der Waals surface area contributed by atoms with Crippen LogP contribution in [-0.2, 0) is 9.47 Å². The van der Waals surface area contributed by atoms with Gasteiger partial charge in [-0.05, 0) is 25.5 Å². The summed E-state index contributed by atoms with van der Waals surface area (Å²) in [6.07, 6.45) is -8.07. The Hall–Kier alpha value is -1.90. The van der Waals surface area contributed by atoms with Crippen molar-refractivity contribution in [3.63, 3.8) is 0 Å². The van der Waals surface area contributed by atoms with Crippen molar-refractivity contribution in [1.82, 2.24) is 0 Å². The topological polar surface area (TPSA) is 47.6 Å². The lowest BCUT2D eigenvalue weighted by Gasteiger charge is -2.19. The quantitative estimate of drug-likeness (QED) is 0.550. The van der Waals surface area contributed by atoms with Gasteiger partial charge in [0.05, 0.1) is 6.61 Å². The lowest BCUT2D eigenvalue weighted by Crippen LogP contribution is -2.36. The highest BCUT2D eigenvalue weighted by atomic mass is 19.4. The van der Waals surface area contributed by atoms with Gasteiger partial charge in [0.1, 0.15) is 6.61 Å². The molecular formula is C15H18F5NO3. The Morgan fingerprint density at radius 3 is 2.25 bits per heavy atom. The number of halogens is 5. The molecule has 1 rings (SSSR count). The number of carbonyl (C=O) groups is 1. The summed E-state index contributed by atoms with van der Waals surface area (Å²) < 4.78 is 70.5. The number of amides is 1. The van der Waals surface area contributed by atoms with Crippen LogP contribution in [0, 0.1) is 6.92 Å². The number of ether oxygens (including phenoxy) is 2. The van der Waals surface area contributed by atoms with Crippen LogP contribution in [0.3, 0.4) is 0 Å². The number of nitrogens with one attached hydrogen (secondary N) is 1. The number of rotatable bonds is 8. The van der Waals surface area contributed by atoms with Gasteiger partial charge in [-0.15, -0.1) is 0 Å². The maximum atomic E-state index is 12.6. The van der Waals surface area contributed by atoms with Crippen LogP contribution in [0.5, 0.6) is 0 Å². The fraction of sp³-hybridized carbons (Fsp3) is 0.533. The average Bonchev–Trinajstić information content (AvgIpc) is 2.47. The predicted octanol–water partition coefficient (Wildman–Crippen LogP) is 4.54. The van der Waals surface area contributed by atoms with Gasteiger partial charge >= 0.3 is 18.2 Å². The molecule has 1 aromatic carbocycles. The Bertz CT molecular complexity index is 517. The smallest absolute Gasteiger partial charge is 0.447 e. The van der Waals surface area contributed by atoms with Crippen LogP contribution in [0.1, 0.15) is 18.4 Å². The molecule has 0 bridgehead atoms. The SMILES string of the molecule is Cc1ccc(NC(=O)OCCOCCCC(F)(F)C(F)(F)F)cc1. The number of benzene rings is 1. The van der Waals surface area contributed by atoms with Gasteiger partial charge in [0, 0.05) is 18.7 Å². The molecule has 0 aromatic heterocycles. The normalized spacial score (nSPS) is 12.1. The second-order valence-electron chi connectivity index (χ2n) is 5.05. The second kappa shape index (κ2) is 8.81. The van der Waals surface area contributed by atoms with Gasteiger partial charge in [-0.1, -0.05) is 17.7 Å². The van der Waals surface area contributed by atoms with E-state index in [9.17, 15) is 26.7 Å². The molecule has 0 saturated carbocycles. The summed E-state index contributed by atoms with van der Waals surface area (Å²) in [5, 5.41) is 2.47. The highest BCUT2D eigenvalue weighted by Gasteiger charge is 2.56.